The van der Waals surface area contributed by atoms with Crippen LogP contribution in [0.25, 0.3) is 0 Å². The Morgan fingerprint density at radius 3 is 2.82 bits per heavy atom. The number of halogens is 2. The van der Waals surface area contributed by atoms with Crippen LogP contribution in [0.3, 0.4) is 0 Å². The maximum absolute atomic E-state index is 13.8. The average molecular weight is 309 g/mol. The molecule has 3 rings (SSSR count). The number of carboxylic acid groups (broad SMARTS) is 1. The minimum absolute atomic E-state index is 0.0581. The van der Waals surface area contributed by atoms with Gasteiger partial charge >= 0.3 is 5.97 Å². The van der Waals surface area contributed by atoms with Crippen molar-refractivity contribution in [3.8, 4) is 0 Å². The van der Waals surface area contributed by atoms with Crippen molar-refractivity contribution >= 4 is 11.9 Å². The van der Waals surface area contributed by atoms with E-state index >= 15 is 0 Å². The first-order valence-corrected chi connectivity index (χ1v) is 7.44. The Kier molecular flexibility index (Phi) is 3.85. The highest BCUT2D eigenvalue weighted by atomic mass is 19.1. The highest BCUT2D eigenvalue weighted by Crippen LogP contribution is 2.50. The van der Waals surface area contributed by atoms with Gasteiger partial charge < -0.3 is 10.0 Å². The molecule has 4 nitrogen and oxygen atoms in total. The van der Waals surface area contributed by atoms with E-state index in [4.69, 9.17) is 5.11 Å². The fourth-order valence-corrected chi connectivity index (χ4v) is 3.36. The van der Waals surface area contributed by atoms with Gasteiger partial charge in [-0.2, -0.15) is 0 Å². The summed E-state index contributed by atoms with van der Waals surface area (Å²) < 4.78 is 27.0. The molecule has 6 heteroatoms. The molecule has 1 aliphatic carbocycles. The summed E-state index contributed by atoms with van der Waals surface area (Å²) in [5, 5.41) is 8.90. The molecule has 0 radical (unpaired) electrons. The van der Waals surface area contributed by atoms with Gasteiger partial charge in [0.1, 0.15) is 11.6 Å². The SMILES string of the molecule is O=C(O)CC1CCCN1C(=O)C1CC1c1cc(F)ccc1F. The molecule has 3 atom stereocenters. The van der Waals surface area contributed by atoms with Gasteiger partial charge in [-0.25, -0.2) is 8.78 Å². The van der Waals surface area contributed by atoms with Gasteiger partial charge in [0.2, 0.25) is 5.91 Å². The Hall–Kier alpha value is -1.98. The molecule has 1 aromatic rings. The molecular weight excluding hydrogens is 292 g/mol. The van der Waals surface area contributed by atoms with Crippen molar-refractivity contribution in [1.29, 1.82) is 0 Å². The van der Waals surface area contributed by atoms with Crippen LogP contribution in [0, 0.1) is 17.6 Å². The number of amides is 1. The van der Waals surface area contributed by atoms with Crippen molar-refractivity contribution in [2.45, 2.75) is 37.6 Å². The van der Waals surface area contributed by atoms with E-state index < -0.39 is 17.6 Å². The molecule has 0 bridgehead atoms. The third-order valence-electron chi connectivity index (χ3n) is 4.54. The van der Waals surface area contributed by atoms with Crippen molar-refractivity contribution in [3.63, 3.8) is 0 Å². The van der Waals surface area contributed by atoms with E-state index in [-0.39, 0.29) is 35.8 Å². The Bertz CT molecular complexity index is 619. The molecule has 0 spiro atoms. The normalized spacial score (nSPS) is 27.0. The van der Waals surface area contributed by atoms with Crippen LogP contribution in [0.15, 0.2) is 18.2 Å². The second kappa shape index (κ2) is 5.66. The molecule has 1 amide bonds. The zero-order valence-corrected chi connectivity index (χ0v) is 12.0. The number of carbonyl (C=O) groups is 2. The molecule has 22 heavy (non-hydrogen) atoms. The van der Waals surface area contributed by atoms with Crippen LogP contribution in [-0.4, -0.2) is 34.5 Å². The summed E-state index contributed by atoms with van der Waals surface area (Å²) in [6, 6.07) is 3.00. The van der Waals surface area contributed by atoms with Gasteiger partial charge in [0.05, 0.1) is 6.42 Å². The van der Waals surface area contributed by atoms with E-state index in [0.29, 0.717) is 19.4 Å². The van der Waals surface area contributed by atoms with Crippen molar-refractivity contribution < 1.29 is 23.5 Å². The van der Waals surface area contributed by atoms with E-state index in [1.54, 1.807) is 4.90 Å². The van der Waals surface area contributed by atoms with Crippen molar-refractivity contribution in [2.75, 3.05) is 6.54 Å². The topological polar surface area (TPSA) is 57.6 Å². The Balaban J connectivity index is 1.70. The predicted octanol–water partition coefficient (Wildman–Crippen LogP) is 2.53. The van der Waals surface area contributed by atoms with E-state index in [1.807, 2.05) is 0 Å². The predicted molar refractivity (Wildman–Crippen MR) is 74.2 cm³/mol. The third-order valence-corrected chi connectivity index (χ3v) is 4.54. The van der Waals surface area contributed by atoms with Crippen molar-refractivity contribution in [3.05, 3.63) is 35.4 Å². The molecule has 2 aliphatic rings. The van der Waals surface area contributed by atoms with Crippen LogP contribution in [0.1, 0.15) is 37.2 Å². The molecule has 1 aromatic carbocycles. The number of likely N-dealkylation sites (tertiary alicyclic amines) is 1. The fourth-order valence-electron chi connectivity index (χ4n) is 3.36. The number of carboxylic acids is 1. The quantitative estimate of drug-likeness (QED) is 0.930. The molecule has 1 N–H and O–H groups in total. The van der Waals surface area contributed by atoms with Crippen molar-refractivity contribution in [2.24, 2.45) is 5.92 Å². The average Bonchev–Trinajstić information content (AvgIpc) is 3.13. The second-order valence-corrected chi connectivity index (χ2v) is 6.04. The standard InChI is InChI=1S/C16H17F2NO3/c17-9-3-4-14(18)12(6-9)11-8-13(11)16(22)19-5-1-2-10(19)7-15(20)21/h3-4,6,10-11,13H,1-2,5,7-8H2,(H,20,21). The highest BCUT2D eigenvalue weighted by Gasteiger charge is 2.48. The number of benzene rings is 1. The maximum atomic E-state index is 13.8. The summed E-state index contributed by atoms with van der Waals surface area (Å²) in [5.74, 6) is -2.71. The highest BCUT2D eigenvalue weighted by molar-refractivity contribution is 5.84. The number of hydrogen-bond donors (Lipinski definition) is 1. The summed E-state index contributed by atoms with van der Waals surface area (Å²) >= 11 is 0. The van der Waals surface area contributed by atoms with E-state index in [0.717, 1.165) is 24.6 Å². The van der Waals surface area contributed by atoms with Gasteiger partial charge in [0, 0.05) is 18.5 Å². The van der Waals surface area contributed by atoms with Crippen LogP contribution in [0.5, 0.6) is 0 Å². The number of hydrogen-bond acceptors (Lipinski definition) is 2. The molecule has 118 valence electrons. The van der Waals surface area contributed by atoms with Gasteiger partial charge in [-0.3, -0.25) is 9.59 Å². The molecule has 1 saturated carbocycles. The minimum Gasteiger partial charge on any atom is -0.481 e. The summed E-state index contributed by atoms with van der Waals surface area (Å²) in [6.45, 7) is 0.547. The number of rotatable bonds is 4. The largest absolute Gasteiger partial charge is 0.481 e. The monoisotopic (exact) mass is 309 g/mol. The molecule has 2 fully saturated rings. The van der Waals surface area contributed by atoms with Crippen LogP contribution in [-0.2, 0) is 9.59 Å². The number of nitrogens with zero attached hydrogens (tertiary/aromatic N) is 1. The lowest BCUT2D eigenvalue weighted by molar-refractivity contribution is -0.140. The lowest BCUT2D eigenvalue weighted by Crippen LogP contribution is -2.38. The van der Waals surface area contributed by atoms with Gasteiger partial charge in [0.15, 0.2) is 0 Å². The van der Waals surface area contributed by atoms with Gasteiger partial charge in [-0.1, -0.05) is 0 Å². The summed E-state index contributed by atoms with van der Waals surface area (Å²) in [7, 11) is 0. The summed E-state index contributed by atoms with van der Waals surface area (Å²) in [4.78, 5) is 25.0. The van der Waals surface area contributed by atoms with Crippen LogP contribution >= 0.6 is 0 Å². The third kappa shape index (κ3) is 2.82. The number of carbonyl (C=O) groups excluding carboxylic acids is 1. The Labute approximate surface area is 126 Å². The molecule has 1 heterocycles. The van der Waals surface area contributed by atoms with Crippen molar-refractivity contribution in [1.82, 2.24) is 4.90 Å². The van der Waals surface area contributed by atoms with E-state index in [9.17, 15) is 18.4 Å². The molecule has 1 aliphatic heterocycles. The summed E-state index contributed by atoms with van der Waals surface area (Å²) in [6.07, 6.45) is 1.91. The van der Waals surface area contributed by atoms with Gasteiger partial charge in [0.25, 0.3) is 0 Å². The van der Waals surface area contributed by atoms with Crippen LogP contribution < -0.4 is 0 Å². The zero-order chi connectivity index (χ0) is 15.9. The fraction of sp³-hybridized carbons (Fsp3) is 0.500. The molecule has 1 saturated heterocycles. The van der Waals surface area contributed by atoms with Gasteiger partial charge in [-0.15, -0.1) is 0 Å². The first-order chi connectivity index (χ1) is 10.5. The van der Waals surface area contributed by atoms with Crippen LogP contribution in [0.2, 0.25) is 0 Å². The van der Waals surface area contributed by atoms with Gasteiger partial charge in [-0.05, 0) is 48.9 Å². The molecule has 0 aromatic heterocycles. The lowest BCUT2D eigenvalue weighted by atomic mass is 10.1. The van der Waals surface area contributed by atoms with Crippen LogP contribution in [0.4, 0.5) is 8.78 Å². The lowest BCUT2D eigenvalue weighted by Gasteiger charge is -2.23. The maximum Gasteiger partial charge on any atom is 0.305 e. The first-order valence-electron chi connectivity index (χ1n) is 7.44. The zero-order valence-electron chi connectivity index (χ0n) is 12.0. The second-order valence-electron chi connectivity index (χ2n) is 6.04. The van der Waals surface area contributed by atoms with E-state index in [2.05, 4.69) is 0 Å². The smallest absolute Gasteiger partial charge is 0.305 e. The summed E-state index contributed by atoms with van der Waals surface area (Å²) in [5.41, 5.74) is 0.243. The Morgan fingerprint density at radius 1 is 1.32 bits per heavy atom. The molecule has 3 unspecified atom stereocenters. The van der Waals surface area contributed by atoms with E-state index in [1.165, 1.54) is 0 Å². The number of aliphatic carboxylic acids is 1. The minimum atomic E-state index is -0.923. The first kappa shape index (κ1) is 14.9. The Morgan fingerprint density at radius 2 is 2.09 bits per heavy atom. The molecular formula is C16H17F2NO3.